The number of hydrogen-bond acceptors (Lipinski definition) is 3. The molecule has 0 saturated carbocycles. The summed E-state index contributed by atoms with van der Waals surface area (Å²) < 4.78 is 0. The van der Waals surface area contributed by atoms with Gasteiger partial charge in [-0.1, -0.05) is 18.2 Å². The summed E-state index contributed by atoms with van der Waals surface area (Å²) in [5, 5.41) is 9.21. The number of nitrogens with zero attached hydrogens (tertiary/aromatic N) is 2. The number of amides is 2. The van der Waals surface area contributed by atoms with Crippen LogP contribution in [-0.2, 0) is 16.1 Å². The number of hydrogen-bond donors (Lipinski definition) is 1. The molecule has 1 N–H and O–H groups in total. The summed E-state index contributed by atoms with van der Waals surface area (Å²) in [5.74, 6) is -1.21. The van der Waals surface area contributed by atoms with Crippen LogP contribution in [0.5, 0.6) is 0 Å². The Kier molecular flexibility index (Phi) is 3.39. The molecule has 1 aromatic rings. The van der Waals surface area contributed by atoms with Crippen molar-refractivity contribution in [1.82, 2.24) is 9.80 Å². The van der Waals surface area contributed by atoms with Gasteiger partial charge in [0.1, 0.15) is 6.54 Å². The summed E-state index contributed by atoms with van der Waals surface area (Å²) in [6.45, 7) is 2.72. The van der Waals surface area contributed by atoms with Gasteiger partial charge in [-0.3, -0.25) is 14.4 Å². The molecule has 6 nitrogen and oxygen atoms in total. The van der Waals surface area contributed by atoms with Gasteiger partial charge in [0.25, 0.3) is 5.91 Å². The van der Waals surface area contributed by atoms with Gasteiger partial charge in [-0.25, -0.2) is 0 Å². The van der Waals surface area contributed by atoms with Crippen molar-refractivity contribution < 1.29 is 19.5 Å². The second-order valence-electron chi connectivity index (χ2n) is 6.25. The Labute approximate surface area is 128 Å². The number of benzene rings is 1. The van der Waals surface area contributed by atoms with Crippen molar-refractivity contribution >= 4 is 17.8 Å². The van der Waals surface area contributed by atoms with Gasteiger partial charge in [-0.05, 0) is 25.0 Å². The van der Waals surface area contributed by atoms with Crippen LogP contribution in [0.4, 0.5) is 0 Å². The third kappa shape index (κ3) is 2.34. The van der Waals surface area contributed by atoms with Crippen LogP contribution in [0, 0.1) is 5.41 Å². The third-order valence-corrected chi connectivity index (χ3v) is 4.56. The van der Waals surface area contributed by atoms with Gasteiger partial charge in [0, 0.05) is 25.2 Å². The summed E-state index contributed by atoms with van der Waals surface area (Å²) in [4.78, 5) is 38.9. The zero-order valence-electron chi connectivity index (χ0n) is 12.4. The molecule has 2 amide bonds. The zero-order chi connectivity index (χ0) is 15.9. The molecule has 6 heteroatoms. The van der Waals surface area contributed by atoms with Gasteiger partial charge in [-0.2, -0.15) is 0 Å². The highest BCUT2D eigenvalue weighted by molar-refractivity contribution is 6.00. The second kappa shape index (κ2) is 5.12. The van der Waals surface area contributed by atoms with Crippen molar-refractivity contribution in [2.24, 2.45) is 5.41 Å². The van der Waals surface area contributed by atoms with Gasteiger partial charge in [0.05, 0.1) is 5.41 Å². The first-order valence-electron chi connectivity index (χ1n) is 7.29. The van der Waals surface area contributed by atoms with Gasteiger partial charge in [0.2, 0.25) is 5.91 Å². The number of carboxylic acids is 1. The van der Waals surface area contributed by atoms with E-state index in [0.29, 0.717) is 25.1 Å². The normalized spacial score (nSPS) is 23.8. The predicted molar refractivity (Wildman–Crippen MR) is 78.1 cm³/mol. The fourth-order valence-electron chi connectivity index (χ4n) is 3.05. The van der Waals surface area contributed by atoms with E-state index in [0.717, 1.165) is 5.56 Å². The summed E-state index contributed by atoms with van der Waals surface area (Å²) >= 11 is 0. The molecular weight excluding hydrogens is 284 g/mol. The topological polar surface area (TPSA) is 77.9 Å². The molecule has 2 aliphatic heterocycles. The van der Waals surface area contributed by atoms with Crippen molar-refractivity contribution in [2.75, 3.05) is 19.6 Å². The van der Waals surface area contributed by atoms with E-state index < -0.39 is 11.4 Å². The Balaban J connectivity index is 1.65. The molecule has 1 atom stereocenters. The molecule has 3 rings (SSSR count). The number of fused-ring (bicyclic) bond motifs is 1. The number of carbonyl (C=O) groups excluding carboxylic acids is 2. The van der Waals surface area contributed by atoms with E-state index in [1.165, 1.54) is 4.90 Å². The molecule has 1 fully saturated rings. The van der Waals surface area contributed by atoms with Crippen molar-refractivity contribution in [3.05, 3.63) is 35.4 Å². The average Bonchev–Trinajstić information content (AvgIpc) is 3.03. The maximum Gasteiger partial charge on any atom is 0.311 e. The Morgan fingerprint density at radius 1 is 1.32 bits per heavy atom. The Morgan fingerprint density at radius 3 is 2.68 bits per heavy atom. The minimum Gasteiger partial charge on any atom is -0.481 e. The van der Waals surface area contributed by atoms with E-state index >= 15 is 0 Å². The molecule has 2 aliphatic rings. The zero-order valence-corrected chi connectivity index (χ0v) is 12.4. The number of carboxylic acid groups (broad SMARTS) is 1. The van der Waals surface area contributed by atoms with Gasteiger partial charge in [0.15, 0.2) is 0 Å². The summed E-state index contributed by atoms with van der Waals surface area (Å²) in [6, 6.07) is 7.32. The Bertz CT molecular complexity index is 657. The van der Waals surface area contributed by atoms with E-state index in [-0.39, 0.29) is 24.9 Å². The molecule has 1 unspecified atom stereocenters. The van der Waals surface area contributed by atoms with E-state index in [1.807, 2.05) is 12.1 Å². The first-order valence-corrected chi connectivity index (χ1v) is 7.29. The summed E-state index contributed by atoms with van der Waals surface area (Å²) in [7, 11) is 0. The van der Waals surface area contributed by atoms with Crippen molar-refractivity contribution in [1.29, 1.82) is 0 Å². The van der Waals surface area contributed by atoms with Crippen molar-refractivity contribution in [3.63, 3.8) is 0 Å². The largest absolute Gasteiger partial charge is 0.481 e. The summed E-state index contributed by atoms with van der Waals surface area (Å²) in [5.41, 5.74) is 0.692. The van der Waals surface area contributed by atoms with E-state index in [2.05, 4.69) is 0 Å². The molecule has 0 aliphatic carbocycles. The van der Waals surface area contributed by atoms with Crippen LogP contribution in [-0.4, -0.2) is 52.3 Å². The van der Waals surface area contributed by atoms with Crippen LogP contribution in [0.25, 0.3) is 0 Å². The van der Waals surface area contributed by atoms with E-state index in [4.69, 9.17) is 0 Å². The number of carbonyl (C=O) groups is 3. The van der Waals surface area contributed by atoms with E-state index in [9.17, 15) is 19.5 Å². The highest BCUT2D eigenvalue weighted by atomic mass is 16.4. The lowest BCUT2D eigenvalue weighted by Crippen LogP contribution is -2.41. The van der Waals surface area contributed by atoms with Crippen molar-refractivity contribution in [2.45, 2.75) is 19.9 Å². The molecule has 0 bridgehead atoms. The maximum atomic E-state index is 12.3. The van der Waals surface area contributed by atoms with Crippen LogP contribution in [0.1, 0.15) is 29.3 Å². The second-order valence-corrected chi connectivity index (χ2v) is 6.25. The minimum atomic E-state index is -0.882. The van der Waals surface area contributed by atoms with Gasteiger partial charge < -0.3 is 14.9 Å². The standard InChI is InChI=1S/C16H18N2O4/c1-16(15(21)22)6-7-17(10-16)13(19)9-18-8-11-4-2-3-5-12(11)14(18)20/h2-5H,6-10H2,1H3,(H,21,22). The fourth-order valence-corrected chi connectivity index (χ4v) is 3.05. The maximum absolute atomic E-state index is 12.3. The average molecular weight is 302 g/mol. The molecule has 2 heterocycles. The number of aliphatic carboxylic acids is 1. The molecule has 22 heavy (non-hydrogen) atoms. The Hall–Kier alpha value is -2.37. The quantitative estimate of drug-likeness (QED) is 0.902. The first-order chi connectivity index (χ1) is 10.4. The van der Waals surface area contributed by atoms with Crippen LogP contribution in [0.15, 0.2) is 24.3 Å². The SMILES string of the molecule is CC1(C(=O)O)CCN(C(=O)CN2Cc3ccccc3C2=O)C1. The molecule has 1 saturated heterocycles. The molecule has 1 aromatic carbocycles. The highest BCUT2D eigenvalue weighted by Gasteiger charge is 2.42. The minimum absolute atomic E-state index is 0.00319. The number of likely N-dealkylation sites (tertiary alicyclic amines) is 1. The molecule has 0 spiro atoms. The van der Waals surface area contributed by atoms with Gasteiger partial charge >= 0.3 is 5.97 Å². The monoisotopic (exact) mass is 302 g/mol. The predicted octanol–water partition coefficient (Wildman–Crippen LogP) is 0.966. The lowest BCUT2D eigenvalue weighted by molar-refractivity contribution is -0.147. The van der Waals surface area contributed by atoms with Crippen LogP contribution < -0.4 is 0 Å². The molecule has 0 radical (unpaired) electrons. The summed E-state index contributed by atoms with van der Waals surface area (Å²) in [6.07, 6.45) is 0.447. The first kappa shape index (κ1) is 14.6. The molecule has 116 valence electrons. The third-order valence-electron chi connectivity index (χ3n) is 4.56. The van der Waals surface area contributed by atoms with Crippen LogP contribution >= 0.6 is 0 Å². The van der Waals surface area contributed by atoms with Crippen LogP contribution in [0.2, 0.25) is 0 Å². The Morgan fingerprint density at radius 2 is 2.05 bits per heavy atom. The number of rotatable bonds is 3. The molecule has 0 aromatic heterocycles. The lowest BCUT2D eigenvalue weighted by Gasteiger charge is -2.23. The van der Waals surface area contributed by atoms with Crippen molar-refractivity contribution in [3.8, 4) is 0 Å². The van der Waals surface area contributed by atoms with Gasteiger partial charge in [-0.15, -0.1) is 0 Å². The van der Waals surface area contributed by atoms with E-state index in [1.54, 1.807) is 24.0 Å². The molecular formula is C16H18N2O4. The smallest absolute Gasteiger partial charge is 0.311 e. The highest BCUT2D eigenvalue weighted by Crippen LogP contribution is 2.30. The van der Waals surface area contributed by atoms with Crippen LogP contribution in [0.3, 0.4) is 0 Å². The fraction of sp³-hybridized carbons (Fsp3) is 0.438. The lowest BCUT2D eigenvalue weighted by atomic mass is 9.90.